The van der Waals surface area contributed by atoms with Crippen molar-refractivity contribution in [2.75, 3.05) is 18.6 Å². The summed E-state index contributed by atoms with van der Waals surface area (Å²) in [6, 6.07) is 16.8. The molecule has 0 fully saturated rings. The number of fused-ring (bicyclic) bond motifs is 1. The third-order valence-electron chi connectivity index (χ3n) is 4.70. The van der Waals surface area contributed by atoms with Crippen molar-refractivity contribution < 1.29 is 9.53 Å². The Hall–Kier alpha value is -2.07. The molecule has 2 aromatic carbocycles. The van der Waals surface area contributed by atoms with Crippen LogP contribution >= 0.6 is 15.9 Å². The summed E-state index contributed by atoms with van der Waals surface area (Å²) in [7, 11) is 1.45. The van der Waals surface area contributed by atoms with E-state index in [-0.39, 0.29) is 5.97 Å². The van der Waals surface area contributed by atoms with Gasteiger partial charge in [-0.15, -0.1) is 0 Å². The number of nitrogens with zero attached hydrogens (tertiary/aromatic N) is 1. The third-order valence-corrected chi connectivity index (χ3v) is 5.19. The SMILES string of the molecule is COC(=O)/C1=C/c2cc(Br)ccc2N(Cc2ccccc2)CCCCC1. The fourth-order valence-corrected chi connectivity index (χ4v) is 3.74. The number of benzene rings is 2. The second-order valence-electron chi connectivity index (χ2n) is 6.58. The van der Waals surface area contributed by atoms with Crippen molar-refractivity contribution >= 4 is 33.7 Å². The number of ether oxygens (including phenoxy) is 1. The summed E-state index contributed by atoms with van der Waals surface area (Å²) >= 11 is 3.57. The van der Waals surface area contributed by atoms with Gasteiger partial charge in [0.05, 0.1) is 7.11 Å². The monoisotopic (exact) mass is 413 g/mol. The highest BCUT2D eigenvalue weighted by Gasteiger charge is 2.16. The molecule has 0 atom stereocenters. The largest absolute Gasteiger partial charge is 0.466 e. The molecule has 1 aliphatic heterocycles. The lowest BCUT2D eigenvalue weighted by molar-refractivity contribution is -0.136. The van der Waals surface area contributed by atoms with Gasteiger partial charge in [0, 0.05) is 28.8 Å². The Balaban J connectivity index is 2.02. The summed E-state index contributed by atoms with van der Waals surface area (Å²) in [5.74, 6) is -0.230. The lowest BCUT2D eigenvalue weighted by Gasteiger charge is -2.28. The minimum atomic E-state index is -0.230. The van der Waals surface area contributed by atoms with Gasteiger partial charge in [-0.3, -0.25) is 0 Å². The minimum absolute atomic E-state index is 0.230. The van der Waals surface area contributed by atoms with E-state index < -0.39 is 0 Å². The van der Waals surface area contributed by atoms with Crippen LogP contribution in [-0.2, 0) is 16.1 Å². The Morgan fingerprint density at radius 3 is 2.69 bits per heavy atom. The Morgan fingerprint density at radius 1 is 1.12 bits per heavy atom. The van der Waals surface area contributed by atoms with Gasteiger partial charge < -0.3 is 9.64 Å². The second kappa shape index (κ2) is 9.04. The van der Waals surface area contributed by atoms with Crippen LogP contribution < -0.4 is 4.90 Å². The van der Waals surface area contributed by atoms with E-state index in [9.17, 15) is 4.79 Å². The molecule has 0 bridgehead atoms. The standard InChI is InChI=1S/C22H24BrNO2/c1-26-22(25)18-10-6-3-7-13-24(16-17-8-4-2-5-9-17)21-12-11-20(23)15-19(21)14-18/h2,4-5,8-9,11-12,14-15H,3,6-7,10,13,16H2,1H3/b18-14+. The van der Waals surface area contributed by atoms with Crippen molar-refractivity contribution in [1.29, 1.82) is 0 Å². The van der Waals surface area contributed by atoms with Crippen LogP contribution in [0.5, 0.6) is 0 Å². The number of hydrogen-bond donors (Lipinski definition) is 0. The van der Waals surface area contributed by atoms with Crippen LogP contribution in [0.25, 0.3) is 6.08 Å². The molecule has 4 heteroatoms. The molecule has 0 radical (unpaired) electrons. The Bertz CT molecular complexity index is 786. The number of halogens is 1. The van der Waals surface area contributed by atoms with Crippen molar-refractivity contribution in [3.05, 3.63) is 69.7 Å². The molecule has 0 aliphatic carbocycles. The van der Waals surface area contributed by atoms with E-state index >= 15 is 0 Å². The minimum Gasteiger partial charge on any atom is -0.466 e. The molecule has 3 nitrogen and oxygen atoms in total. The first-order valence-electron chi connectivity index (χ1n) is 9.04. The van der Waals surface area contributed by atoms with Gasteiger partial charge in [0.15, 0.2) is 0 Å². The highest BCUT2D eigenvalue weighted by Crippen LogP contribution is 2.30. The molecule has 136 valence electrons. The van der Waals surface area contributed by atoms with Crippen molar-refractivity contribution in [1.82, 2.24) is 0 Å². The van der Waals surface area contributed by atoms with Gasteiger partial charge in [0.2, 0.25) is 0 Å². The molecule has 0 saturated carbocycles. The summed E-state index contributed by atoms with van der Waals surface area (Å²) in [5, 5.41) is 0. The van der Waals surface area contributed by atoms with E-state index in [1.54, 1.807) is 0 Å². The van der Waals surface area contributed by atoms with Crippen LogP contribution in [0.1, 0.15) is 36.8 Å². The summed E-state index contributed by atoms with van der Waals surface area (Å²) in [5.41, 5.74) is 4.24. The fraction of sp³-hybridized carbons (Fsp3) is 0.318. The average molecular weight is 414 g/mol. The van der Waals surface area contributed by atoms with Gasteiger partial charge in [-0.1, -0.05) is 52.7 Å². The Morgan fingerprint density at radius 2 is 1.92 bits per heavy atom. The maximum atomic E-state index is 12.2. The molecule has 2 aromatic rings. The van der Waals surface area contributed by atoms with Crippen molar-refractivity contribution in [2.45, 2.75) is 32.2 Å². The zero-order valence-corrected chi connectivity index (χ0v) is 16.7. The molecular weight excluding hydrogens is 390 g/mol. The van der Waals surface area contributed by atoms with Gasteiger partial charge in [0.1, 0.15) is 0 Å². The molecule has 0 aromatic heterocycles. The number of hydrogen-bond acceptors (Lipinski definition) is 3. The zero-order valence-electron chi connectivity index (χ0n) is 15.1. The highest BCUT2D eigenvalue weighted by molar-refractivity contribution is 9.10. The summed E-state index contributed by atoms with van der Waals surface area (Å²) in [6.45, 7) is 1.86. The molecule has 26 heavy (non-hydrogen) atoms. The smallest absolute Gasteiger partial charge is 0.333 e. The van der Waals surface area contributed by atoms with Crippen LogP contribution in [0.15, 0.2) is 58.6 Å². The summed E-state index contributed by atoms with van der Waals surface area (Å²) < 4.78 is 6.00. The van der Waals surface area contributed by atoms with Crippen molar-refractivity contribution in [3.63, 3.8) is 0 Å². The lowest BCUT2D eigenvalue weighted by atomic mass is 10.0. The van der Waals surface area contributed by atoms with E-state index in [1.807, 2.05) is 12.1 Å². The number of carbonyl (C=O) groups is 1. The van der Waals surface area contributed by atoms with Crippen LogP contribution in [0.2, 0.25) is 0 Å². The van der Waals surface area contributed by atoms with Crippen LogP contribution in [-0.4, -0.2) is 19.6 Å². The summed E-state index contributed by atoms with van der Waals surface area (Å²) in [4.78, 5) is 14.6. The zero-order chi connectivity index (χ0) is 18.4. The molecule has 0 spiro atoms. The average Bonchev–Trinajstić information content (AvgIpc) is 2.66. The van der Waals surface area contributed by atoms with Gasteiger partial charge in [0.25, 0.3) is 0 Å². The maximum absolute atomic E-state index is 12.2. The van der Waals surface area contributed by atoms with Gasteiger partial charge in [-0.2, -0.15) is 0 Å². The molecular formula is C22H24BrNO2. The Labute approximate surface area is 163 Å². The summed E-state index contributed by atoms with van der Waals surface area (Å²) in [6.07, 6.45) is 5.97. The molecule has 3 rings (SSSR count). The topological polar surface area (TPSA) is 29.5 Å². The van der Waals surface area contributed by atoms with E-state index in [0.29, 0.717) is 0 Å². The predicted octanol–water partition coefficient (Wildman–Crippen LogP) is 5.59. The number of anilines is 1. The first-order chi connectivity index (χ1) is 12.7. The fourth-order valence-electron chi connectivity index (χ4n) is 3.36. The third kappa shape index (κ3) is 4.76. The molecule has 1 aliphatic rings. The molecule has 0 N–H and O–H groups in total. The Kier molecular flexibility index (Phi) is 6.51. The normalized spacial score (nSPS) is 17.0. The predicted molar refractivity (Wildman–Crippen MR) is 110 cm³/mol. The van der Waals surface area contributed by atoms with E-state index in [2.05, 4.69) is 63.3 Å². The number of esters is 1. The van der Waals surface area contributed by atoms with Crippen molar-refractivity contribution in [2.24, 2.45) is 0 Å². The highest BCUT2D eigenvalue weighted by atomic mass is 79.9. The quantitative estimate of drug-likeness (QED) is 0.614. The van der Waals surface area contributed by atoms with E-state index in [0.717, 1.165) is 60.1 Å². The van der Waals surface area contributed by atoms with Crippen LogP contribution in [0.4, 0.5) is 5.69 Å². The first kappa shape index (κ1) is 18.7. The van der Waals surface area contributed by atoms with Gasteiger partial charge in [-0.25, -0.2) is 4.79 Å². The lowest BCUT2D eigenvalue weighted by Crippen LogP contribution is -2.25. The van der Waals surface area contributed by atoms with Crippen LogP contribution in [0.3, 0.4) is 0 Å². The van der Waals surface area contributed by atoms with Gasteiger partial charge >= 0.3 is 5.97 Å². The first-order valence-corrected chi connectivity index (χ1v) is 9.84. The molecule has 1 heterocycles. The molecule has 0 saturated heterocycles. The molecule has 0 amide bonds. The second-order valence-corrected chi connectivity index (χ2v) is 7.50. The van der Waals surface area contributed by atoms with Crippen molar-refractivity contribution in [3.8, 4) is 0 Å². The number of rotatable bonds is 3. The van der Waals surface area contributed by atoms with Crippen LogP contribution in [0, 0.1) is 0 Å². The maximum Gasteiger partial charge on any atom is 0.333 e. The van der Waals surface area contributed by atoms with Gasteiger partial charge in [-0.05, 0) is 54.7 Å². The van der Waals surface area contributed by atoms with E-state index in [1.165, 1.54) is 12.7 Å². The molecule has 0 unspecified atom stereocenters. The number of carbonyl (C=O) groups excluding carboxylic acids is 1. The van der Waals surface area contributed by atoms with E-state index in [4.69, 9.17) is 4.74 Å². The number of methoxy groups -OCH3 is 1.